The van der Waals surface area contributed by atoms with Crippen LogP contribution in [0.4, 0.5) is 0 Å². The molecule has 0 radical (unpaired) electrons. The van der Waals surface area contributed by atoms with Gasteiger partial charge in [0.05, 0.1) is 37.5 Å². The van der Waals surface area contributed by atoms with E-state index >= 15 is 0 Å². The summed E-state index contributed by atoms with van der Waals surface area (Å²) in [7, 11) is 0. The van der Waals surface area contributed by atoms with E-state index in [9.17, 15) is 19.2 Å². The van der Waals surface area contributed by atoms with Crippen molar-refractivity contribution in [3.8, 4) is 0 Å². The van der Waals surface area contributed by atoms with Gasteiger partial charge in [0.1, 0.15) is 0 Å². The Hall–Kier alpha value is -2.90. The van der Waals surface area contributed by atoms with Gasteiger partial charge in [0.2, 0.25) is 17.7 Å². The van der Waals surface area contributed by atoms with E-state index in [4.69, 9.17) is 16.2 Å². The predicted molar refractivity (Wildman–Crippen MR) is 157 cm³/mol. The molecule has 0 fully saturated rings. The van der Waals surface area contributed by atoms with Crippen LogP contribution in [0.2, 0.25) is 0 Å². The monoisotopic (exact) mass is 580 g/mol. The molecule has 13 nitrogen and oxygen atoms in total. The molecule has 41 heavy (non-hydrogen) atoms. The van der Waals surface area contributed by atoms with Crippen molar-refractivity contribution in [3.63, 3.8) is 0 Å². The van der Waals surface area contributed by atoms with Gasteiger partial charge in [-0.3, -0.25) is 19.2 Å². The summed E-state index contributed by atoms with van der Waals surface area (Å²) in [6.45, 7) is 9.91. The summed E-state index contributed by atoms with van der Waals surface area (Å²) in [5.74, 6) is -0.470. The lowest BCUT2D eigenvalue weighted by Crippen LogP contribution is -2.44. The lowest BCUT2D eigenvalue weighted by atomic mass is 9.98. The number of Topliss-reactive ketones (excluding diaryl/α,β-unsaturated/α-hetero) is 1. The fraction of sp³-hybridized carbons (Fsp3) is 0.786. The van der Waals surface area contributed by atoms with Gasteiger partial charge in [-0.1, -0.05) is 32.9 Å². The van der Waals surface area contributed by atoms with Gasteiger partial charge in [0.15, 0.2) is 5.78 Å². The summed E-state index contributed by atoms with van der Waals surface area (Å²) in [6.07, 6.45) is 7.24. The van der Waals surface area contributed by atoms with Crippen molar-refractivity contribution >= 4 is 23.5 Å². The Bertz CT molecular complexity index is 921. The van der Waals surface area contributed by atoms with Gasteiger partial charge in [0.25, 0.3) is 0 Å². The van der Waals surface area contributed by atoms with Crippen LogP contribution in [0.25, 0.3) is 0 Å². The van der Waals surface area contributed by atoms with E-state index in [1.54, 1.807) is 10.9 Å². The van der Waals surface area contributed by atoms with Crippen LogP contribution in [0.1, 0.15) is 84.8 Å². The van der Waals surface area contributed by atoms with Gasteiger partial charge in [-0.2, -0.15) is 0 Å². The zero-order valence-corrected chi connectivity index (χ0v) is 25.3. The minimum atomic E-state index is -0.429. The molecule has 3 amide bonds. The Labute approximate surface area is 244 Å². The van der Waals surface area contributed by atoms with Crippen LogP contribution in [0.3, 0.4) is 0 Å². The molecule has 13 heteroatoms. The average molecular weight is 581 g/mol. The van der Waals surface area contributed by atoms with E-state index in [0.717, 1.165) is 31.4 Å². The minimum absolute atomic E-state index is 0.0540. The summed E-state index contributed by atoms with van der Waals surface area (Å²) in [6, 6.07) is -0.596. The summed E-state index contributed by atoms with van der Waals surface area (Å²) in [5, 5.41) is 17.0. The SMILES string of the molecule is CC(C)NC(CCCCNC(=O)CCOCCn1cc(CCC(=O)NCCCCC(N)C(=O)C(C)C)nn1)C(N)=O. The number of nitrogens with one attached hydrogen (secondary N) is 3. The van der Waals surface area contributed by atoms with E-state index in [-0.39, 0.29) is 47.9 Å². The third kappa shape index (κ3) is 17.5. The van der Waals surface area contributed by atoms with E-state index in [0.29, 0.717) is 58.5 Å². The smallest absolute Gasteiger partial charge is 0.234 e. The molecule has 2 atom stereocenters. The Morgan fingerprint density at radius 2 is 1.56 bits per heavy atom. The largest absolute Gasteiger partial charge is 0.379 e. The Morgan fingerprint density at radius 3 is 2.17 bits per heavy atom. The number of nitrogens with zero attached hydrogens (tertiary/aromatic N) is 3. The number of ether oxygens (including phenoxy) is 1. The van der Waals surface area contributed by atoms with E-state index in [1.165, 1.54) is 0 Å². The van der Waals surface area contributed by atoms with Crippen molar-refractivity contribution < 1.29 is 23.9 Å². The van der Waals surface area contributed by atoms with Gasteiger partial charge in [-0.05, 0) is 38.5 Å². The second-order valence-corrected chi connectivity index (χ2v) is 11.0. The third-order valence-electron chi connectivity index (χ3n) is 6.45. The highest BCUT2D eigenvalue weighted by atomic mass is 16.5. The lowest BCUT2D eigenvalue weighted by molar-refractivity contribution is -0.123. The molecule has 7 N–H and O–H groups in total. The maximum Gasteiger partial charge on any atom is 0.234 e. The minimum Gasteiger partial charge on any atom is -0.379 e. The molecule has 0 aromatic carbocycles. The molecule has 234 valence electrons. The van der Waals surface area contributed by atoms with Crippen molar-refractivity contribution in [2.45, 2.75) is 110 Å². The van der Waals surface area contributed by atoms with Gasteiger partial charge < -0.3 is 32.2 Å². The quantitative estimate of drug-likeness (QED) is 0.109. The molecule has 0 spiro atoms. The second kappa shape index (κ2) is 20.9. The van der Waals surface area contributed by atoms with Crippen LogP contribution in [0.5, 0.6) is 0 Å². The first-order valence-corrected chi connectivity index (χ1v) is 14.8. The van der Waals surface area contributed by atoms with Gasteiger partial charge in [-0.15, -0.1) is 5.10 Å². The number of primary amides is 1. The molecule has 1 aromatic rings. The number of unbranched alkanes of at least 4 members (excludes halogenated alkanes) is 2. The van der Waals surface area contributed by atoms with E-state index in [1.807, 2.05) is 27.7 Å². The van der Waals surface area contributed by atoms with Gasteiger partial charge in [-0.25, -0.2) is 4.68 Å². The number of amides is 3. The lowest BCUT2D eigenvalue weighted by Gasteiger charge is -2.18. The molecular formula is C28H52N8O5. The average Bonchev–Trinajstić information content (AvgIpc) is 3.37. The highest BCUT2D eigenvalue weighted by molar-refractivity contribution is 5.85. The normalized spacial score (nSPS) is 12.9. The molecule has 0 aliphatic heterocycles. The number of carbonyl (C=O) groups excluding carboxylic acids is 4. The molecular weight excluding hydrogens is 528 g/mol. The molecule has 1 heterocycles. The van der Waals surface area contributed by atoms with Crippen LogP contribution in [0, 0.1) is 5.92 Å². The molecule has 0 aliphatic rings. The van der Waals surface area contributed by atoms with Gasteiger partial charge >= 0.3 is 0 Å². The Kier molecular flexibility index (Phi) is 18.4. The first-order chi connectivity index (χ1) is 19.5. The predicted octanol–water partition coefficient (Wildman–Crippen LogP) is 0.595. The molecule has 0 saturated heterocycles. The number of rotatable bonds is 24. The molecule has 0 saturated carbocycles. The van der Waals surface area contributed by atoms with Crippen LogP contribution < -0.4 is 27.4 Å². The van der Waals surface area contributed by atoms with Crippen LogP contribution in [-0.2, 0) is 36.9 Å². The summed E-state index contributed by atoms with van der Waals surface area (Å²) < 4.78 is 7.20. The maximum atomic E-state index is 12.1. The highest BCUT2D eigenvalue weighted by Crippen LogP contribution is 2.06. The van der Waals surface area contributed by atoms with Crippen molar-refractivity contribution in [2.75, 3.05) is 26.3 Å². The van der Waals surface area contributed by atoms with Crippen molar-refractivity contribution in [1.82, 2.24) is 30.9 Å². The zero-order chi connectivity index (χ0) is 30.6. The van der Waals surface area contributed by atoms with E-state index in [2.05, 4.69) is 26.3 Å². The first kappa shape index (κ1) is 36.1. The number of carbonyl (C=O) groups is 4. The maximum absolute atomic E-state index is 12.1. The van der Waals surface area contributed by atoms with Crippen molar-refractivity contribution in [2.24, 2.45) is 17.4 Å². The number of aromatic nitrogens is 3. The Morgan fingerprint density at radius 1 is 0.927 bits per heavy atom. The van der Waals surface area contributed by atoms with Crippen molar-refractivity contribution in [3.05, 3.63) is 11.9 Å². The molecule has 1 aromatic heterocycles. The number of nitrogens with two attached hydrogens (primary N) is 2. The van der Waals surface area contributed by atoms with Crippen LogP contribution in [0.15, 0.2) is 6.20 Å². The fourth-order valence-corrected chi connectivity index (χ4v) is 4.10. The molecule has 0 bridgehead atoms. The van der Waals surface area contributed by atoms with Crippen molar-refractivity contribution in [1.29, 1.82) is 0 Å². The molecule has 2 unspecified atom stereocenters. The summed E-state index contributed by atoms with van der Waals surface area (Å²) >= 11 is 0. The fourth-order valence-electron chi connectivity index (χ4n) is 4.10. The third-order valence-corrected chi connectivity index (χ3v) is 6.45. The highest BCUT2D eigenvalue weighted by Gasteiger charge is 2.17. The zero-order valence-electron chi connectivity index (χ0n) is 25.3. The molecule has 0 aliphatic carbocycles. The topological polar surface area (TPSA) is 196 Å². The number of hydrogen-bond acceptors (Lipinski definition) is 9. The number of ketones is 1. The second-order valence-electron chi connectivity index (χ2n) is 11.0. The first-order valence-electron chi connectivity index (χ1n) is 14.8. The van der Waals surface area contributed by atoms with Crippen LogP contribution >= 0.6 is 0 Å². The van der Waals surface area contributed by atoms with E-state index < -0.39 is 6.04 Å². The molecule has 1 rings (SSSR count). The Balaban J connectivity index is 2.07. The van der Waals surface area contributed by atoms with Crippen LogP contribution in [-0.4, -0.2) is 82.9 Å². The summed E-state index contributed by atoms with van der Waals surface area (Å²) in [4.78, 5) is 47.3. The number of aryl methyl sites for hydroxylation is 1. The van der Waals surface area contributed by atoms with Gasteiger partial charge in [0, 0.05) is 50.5 Å². The summed E-state index contributed by atoms with van der Waals surface area (Å²) in [5.41, 5.74) is 12.0. The standard InChI is InChI=1S/C28H52N8O5/c1-20(2)27(39)23(29)9-5-7-14-31-25(37)12-11-22-19-36(35-34-22)16-18-41-17-13-26(38)32-15-8-6-10-24(28(30)40)33-21(3)4/h19-21,23-24,33H,5-18,29H2,1-4H3,(H2,30,40)(H,31,37)(H,32,38). The number of hydrogen-bond donors (Lipinski definition) is 5.